The van der Waals surface area contributed by atoms with E-state index < -0.39 is 0 Å². The molecule has 1 aromatic carbocycles. The van der Waals surface area contributed by atoms with Crippen LogP contribution in [0.4, 0.5) is 0 Å². The number of nitrogens with zero attached hydrogens (tertiary/aromatic N) is 2. The Balaban J connectivity index is 0.00000364. The van der Waals surface area contributed by atoms with Gasteiger partial charge in [0.05, 0.1) is 19.7 Å². The monoisotopic (exact) mass is 506 g/mol. The molecule has 1 fully saturated rings. The fourth-order valence-corrected chi connectivity index (χ4v) is 4.25. The number of aliphatic imine (C=N–C) groups is 1. The molecule has 0 aromatic heterocycles. The number of benzene rings is 1. The molecule has 1 aliphatic rings. The molecule has 3 unspecified atom stereocenters. The van der Waals surface area contributed by atoms with Crippen molar-refractivity contribution < 1.29 is 4.74 Å². The van der Waals surface area contributed by atoms with E-state index in [2.05, 4.69) is 54.9 Å². The average Bonchev–Trinajstić information content (AvgIpc) is 3.09. The number of rotatable bonds is 8. The maximum atomic E-state index is 5.55. The first-order chi connectivity index (χ1) is 12.6. The number of halogens is 1. The fraction of sp³-hybridized carbons (Fsp3) is 0.650. The van der Waals surface area contributed by atoms with Crippen LogP contribution in [0, 0.1) is 0 Å². The van der Waals surface area contributed by atoms with Crippen LogP contribution in [-0.2, 0) is 0 Å². The maximum Gasteiger partial charge on any atom is 0.191 e. The first kappa shape index (κ1) is 24.4. The van der Waals surface area contributed by atoms with Crippen LogP contribution < -0.4 is 15.4 Å². The first-order valence-corrected chi connectivity index (χ1v) is 10.7. The number of hydrogen-bond donors (Lipinski definition) is 2. The maximum absolute atomic E-state index is 5.55. The predicted molar refractivity (Wildman–Crippen MR) is 129 cm³/mol. The van der Waals surface area contributed by atoms with Gasteiger partial charge in [-0.2, -0.15) is 11.8 Å². The molecule has 154 valence electrons. The highest BCUT2D eigenvalue weighted by atomic mass is 127. The number of likely N-dealkylation sites (N-methyl/N-ethyl adjacent to an activating group) is 1. The van der Waals surface area contributed by atoms with Gasteiger partial charge in [-0.1, -0.05) is 18.2 Å². The fourth-order valence-electron chi connectivity index (χ4n) is 3.46. The van der Waals surface area contributed by atoms with Crippen molar-refractivity contribution in [2.75, 3.05) is 40.6 Å². The summed E-state index contributed by atoms with van der Waals surface area (Å²) in [6, 6.07) is 8.90. The standard InChI is InChI=1S/C20H34N4OS.HI/c1-6-21-20(23-15-11-12-16(13-15)26-5)22-14-18(24(2)3)17-9-7-8-10-19(17)25-4;/h7-10,15-16,18H,6,11-14H2,1-5H3,(H2,21,22,23);1H. The number of nitrogens with one attached hydrogen (secondary N) is 2. The molecule has 3 atom stereocenters. The van der Waals surface area contributed by atoms with Gasteiger partial charge in [0.2, 0.25) is 0 Å². The molecule has 0 radical (unpaired) electrons. The highest BCUT2D eigenvalue weighted by Gasteiger charge is 2.25. The summed E-state index contributed by atoms with van der Waals surface area (Å²) >= 11 is 1.98. The van der Waals surface area contributed by atoms with E-state index in [-0.39, 0.29) is 30.0 Å². The second kappa shape index (κ2) is 12.7. The lowest BCUT2D eigenvalue weighted by molar-refractivity contribution is 0.295. The summed E-state index contributed by atoms with van der Waals surface area (Å²) in [4.78, 5) is 7.09. The molecular weight excluding hydrogens is 471 g/mol. The minimum atomic E-state index is 0. The molecule has 1 saturated carbocycles. The molecule has 0 bridgehead atoms. The zero-order valence-corrected chi connectivity index (χ0v) is 20.3. The molecule has 5 nitrogen and oxygen atoms in total. The third-order valence-electron chi connectivity index (χ3n) is 4.95. The molecule has 1 aromatic rings. The molecule has 7 heteroatoms. The van der Waals surface area contributed by atoms with Gasteiger partial charge in [0.25, 0.3) is 0 Å². The van der Waals surface area contributed by atoms with Crippen molar-refractivity contribution in [3.8, 4) is 5.75 Å². The number of hydrogen-bond acceptors (Lipinski definition) is 4. The SMILES string of the molecule is CCNC(=NCC(c1ccccc1OC)N(C)C)NC1CCC(SC)C1.I. The lowest BCUT2D eigenvalue weighted by Gasteiger charge is -2.25. The number of para-hydroxylation sites is 1. The van der Waals surface area contributed by atoms with Gasteiger partial charge in [-0.25, -0.2) is 0 Å². The number of methoxy groups -OCH3 is 1. The van der Waals surface area contributed by atoms with Gasteiger partial charge >= 0.3 is 0 Å². The third-order valence-corrected chi connectivity index (χ3v) is 6.04. The summed E-state index contributed by atoms with van der Waals surface area (Å²) in [6.45, 7) is 3.66. The van der Waals surface area contributed by atoms with Crippen molar-refractivity contribution in [2.45, 2.75) is 43.5 Å². The van der Waals surface area contributed by atoms with Crippen molar-refractivity contribution in [3.63, 3.8) is 0 Å². The highest BCUT2D eigenvalue weighted by Crippen LogP contribution is 2.29. The van der Waals surface area contributed by atoms with E-state index in [0.29, 0.717) is 12.6 Å². The van der Waals surface area contributed by atoms with Crippen LogP contribution in [0.3, 0.4) is 0 Å². The molecule has 0 saturated heterocycles. The van der Waals surface area contributed by atoms with Crippen LogP contribution >= 0.6 is 35.7 Å². The zero-order valence-electron chi connectivity index (χ0n) is 17.2. The van der Waals surface area contributed by atoms with Gasteiger partial charge in [-0.05, 0) is 52.6 Å². The van der Waals surface area contributed by atoms with Crippen molar-refractivity contribution in [2.24, 2.45) is 4.99 Å². The quantitative estimate of drug-likeness (QED) is 0.320. The van der Waals surface area contributed by atoms with Crippen LogP contribution in [0.25, 0.3) is 0 Å². The third kappa shape index (κ3) is 7.34. The van der Waals surface area contributed by atoms with Crippen LogP contribution in [0.5, 0.6) is 5.75 Å². The molecule has 1 aliphatic carbocycles. The van der Waals surface area contributed by atoms with Crippen LogP contribution in [0.1, 0.15) is 37.8 Å². The zero-order chi connectivity index (χ0) is 18.9. The predicted octanol–water partition coefficient (Wildman–Crippen LogP) is 3.76. The minimum absolute atomic E-state index is 0. The van der Waals surface area contributed by atoms with E-state index in [1.807, 2.05) is 23.9 Å². The first-order valence-electron chi connectivity index (χ1n) is 9.46. The molecule has 0 aliphatic heterocycles. The molecule has 0 spiro atoms. The van der Waals surface area contributed by atoms with E-state index in [9.17, 15) is 0 Å². The van der Waals surface area contributed by atoms with Crippen molar-refractivity contribution >= 4 is 41.7 Å². The molecule has 2 rings (SSSR count). The number of guanidine groups is 1. The molecule has 0 amide bonds. The van der Waals surface area contributed by atoms with Crippen LogP contribution in [0.2, 0.25) is 0 Å². The molecule has 27 heavy (non-hydrogen) atoms. The second-order valence-corrected chi connectivity index (χ2v) is 8.09. The van der Waals surface area contributed by atoms with Crippen molar-refractivity contribution in [1.82, 2.24) is 15.5 Å². The van der Waals surface area contributed by atoms with E-state index in [1.165, 1.54) is 24.8 Å². The molecule has 2 N–H and O–H groups in total. The Hall–Kier alpha value is -0.670. The summed E-state index contributed by atoms with van der Waals surface area (Å²) < 4.78 is 5.55. The Morgan fingerprint density at radius 1 is 1.33 bits per heavy atom. The summed E-state index contributed by atoms with van der Waals surface area (Å²) in [7, 11) is 5.91. The Kier molecular flexibility index (Phi) is 11.5. The van der Waals surface area contributed by atoms with Crippen molar-refractivity contribution in [3.05, 3.63) is 29.8 Å². The minimum Gasteiger partial charge on any atom is -0.496 e. The summed E-state index contributed by atoms with van der Waals surface area (Å²) in [5.41, 5.74) is 1.17. The van der Waals surface area contributed by atoms with Crippen LogP contribution in [-0.4, -0.2) is 62.7 Å². The van der Waals surface area contributed by atoms with E-state index in [0.717, 1.165) is 23.5 Å². The van der Waals surface area contributed by atoms with Gasteiger partial charge in [0.15, 0.2) is 5.96 Å². The summed E-state index contributed by atoms with van der Waals surface area (Å²) in [5.74, 6) is 1.83. The normalized spacial score (nSPS) is 20.9. The van der Waals surface area contributed by atoms with Gasteiger partial charge in [-0.15, -0.1) is 24.0 Å². The summed E-state index contributed by atoms with van der Waals surface area (Å²) in [5, 5.41) is 7.81. The number of thioether (sulfide) groups is 1. The smallest absolute Gasteiger partial charge is 0.191 e. The largest absolute Gasteiger partial charge is 0.496 e. The lowest BCUT2D eigenvalue weighted by atomic mass is 10.0. The highest BCUT2D eigenvalue weighted by molar-refractivity contribution is 14.0. The second-order valence-electron chi connectivity index (χ2n) is 6.95. The van der Waals surface area contributed by atoms with E-state index in [1.54, 1.807) is 7.11 Å². The summed E-state index contributed by atoms with van der Waals surface area (Å²) in [6.07, 6.45) is 5.94. The Labute approximate surface area is 186 Å². The number of ether oxygens (including phenoxy) is 1. The Bertz CT molecular complexity index is 585. The lowest BCUT2D eigenvalue weighted by Crippen LogP contribution is -2.43. The van der Waals surface area contributed by atoms with Gasteiger partial charge in [0.1, 0.15) is 5.75 Å². The topological polar surface area (TPSA) is 48.9 Å². The van der Waals surface area contributed by atoms with E-state index in [4.69, 9.17) is 9.73 Å². The van der Waals surface area contributed by atoms with Gasteiger partial charge in [0, 0.05) is 23.4 Å². The van der Waals surface area contributed by atoms with Crippen molar-refractivity contribution in [1.29, 1.82) is 0 Å². The molecular formula is C20H35IN4OS. The average molecular weight is 506 g/mol. The Morgan fingerprint density at radius 3 is 2.67 bits per heavy atom. The Morgan fingerprint density at radius 2 is 2.07 bits per heavy atom. The van der Waals surface area contributed by atoms with Gasteiger partial charge in [-0.3, -0.25) is 4.99 Å². The van der Waals surface area contributed by atoms with Gasteiger partial charge < -0.3 is 20.3 Å². The molecule has 0 heterocycles. The van der Waals surface area contributed by atoms with Crippen LogP contribution in [0.15, 0.2) is 29.3 Å². The van der Waals surface area contributed by atoms with E-state index >= 15 is 0 Å².